The van der Waals surface area contributed by atoms with Gasteiger partial charge in [0.05, 0.1) is 4.90 Å². The predicted molar refractivity (Wildman–Crippen MR) is 66.8 cm³/mol. The number of thioether (sulfide) groups is 1. The third-order valence-electron chi connectivity index (χ3n) is 2.07. The Morgan fingerprint density at radius 3 is 2.81 bits per heavy atom. The van der Waals surface area contributed by atoms with Crippen molar-refractivity contribution >= 4 is 27.6 Å². The van der Waals surface area contributed by atoms with Crippen molar-refractivity contribution in [3.63, 3.8) is 0 Å². The maximum Gasteiger partial charge on any atom is 0.243 e. The number of hydrogen-bond donors (Lipinski definition) is 1. The third-order valence-corrected chi connectivity index (χ3v) is 4.51. The van der Waals surface area contributed by atoms with Gasteiger partial charge in [0.15, 0.2) is 0 Å². The lowest BCUT2D eigenvalue weighted by Crippen LogP contribution is -2.29. The summed E-state index contributed by atoms with van der Waals surface area (Å²) in [6.07, 6.45) is 3.33. The van der Waals surface area contributed by atoms with E-state index >= 15 is 0 Å². The molecule has 5 nitrogen and oxygen atoms in total. The van der Waals surface area contributed by atoms with Gasteiger partial charge in [-0.2, -0.15) is 11.8 Å². The predicted octanol–water partition coefficient (Wildman–Crippen LogP) is 0.647. The highest BCUT2D eigenvalue weighted by Gasteiger charge is 2.20. The monoisotopic (exact) mass is 261 g/mol. The lowest BCUT2D eigenvalue weighted by atomic mass is 10.5. The van der Waals surface area contributed by atoms with Crippen molar-refractivity contribution in [2.24, 2.45) is 0 Å². The lowest BCUT2D eigenvalue weighted by Gasteiger charge is -2.16. The molecule has 0 aromatic carbocycles. The van der Waals surface area contributed by atoms with Crippen molar-refractivity contribution in [2.75, 3.05) is 31.3 Å². The molecule has 0 radical (unpaired) electrons. The van der Waals surface area contributed by atoms with Crippen molar-refractivity contribution < 1.29 is 8.42 Å². The summed E-state index contributed by atoms with van der Waals surface area (Å²) in [7, 11) is -1.88. The summed E-state index contributed by atoms with van der Waals surface area (Å²) in [5, 5.41) is 0. The number of anilines is 1. The van der Waals surface area contributed by atoms with Gasteiger partial charge in [0.2, 0.25) is 10.0 Å². The molecule has 0 spiro atoms. The molecule has 0 saturated carbocycles. The van der Waals surface area contributed by atoms with Gasteiger partial charge in [0.25, 0.3) is 0 Å². The lowest BCUT2D eigenvalue weighted by molar-refractivity contribution is 0.488. The number of rotatable bonds is 5. The van der Waals surface area contributed by atoms with Gasteiger partial charge in [0.1, 0.15) is 5.82 Å². The van der Waals surface area contributed by atoms with Crippen LogP contribution in [0.3, 0.4) is 0 Å². The number of sulfonamides is 1. The van der Waals surface area contributed by atoms with Crippen molar-refractivity contribution in [1.29, 1.82) is 0 Å². The number of pyridine rings is 1. The fourth-order valence-corrected chi connectivity index (χ4v) is 2.87. The van der Waals surface area contributed by atoms with Crippen LogP contribution >= 0.6 is 11.8 Å². The average molecular weight is 261 g/mol. The summed E-state index contributed by atoms with van der Waals surface area (Å²) in [6.45, 7) is 0.478. The van der Waals surface area contributed by atoms with Gasteiger partial charge in [-0.3, -0.25) is 0 Å². The highest BCUT2D eigenvalue weighted by molar-refractivity contribution is 7.98. The molecule has 1 rings (SSSR count). The summed E-state index contributed by atoms with van der Waals surface area (Å²) >= 11 is 1.60. The standard InChI is InChI=1S/C9H15N3O2S2/c1-12(5-6-15-2)16(13,14)8-3-4-11-9(10)7-8/h3-4,7H,5-6H2,1-2H3,(H2,10,11). The number of nitrogens with zero attached hydrogens (tertiary/aromatic N) is 2. The SMILES string of the molecule is CSCCN(C)S(=O)(=O)c1ccnc(N)c1. The Labute approximate surface area is 100 Å². The van der Waals surface area contributed by atoms with E-state index in [9.17, 15) is 8.42 Å². The first-order valence-electron chi connectivity index (χ1n) is 4.65. The van der Waals surface area contributed by atoms with Crippen molar-refractivity contribution in [3.05, 3.63) is 18.3 Å². The topological polar surface area (TPSA) is 76.3 Å². The second kappa shape index (κ2) is 5.51. The van der Waals surface area contributed by atoms with Crippen LogP contribution < -0.4 is 5.73 Å². The van der Waals surface area contributed by atoms with E-state index in [4.69, 9.17) is 5.73 Å². The van der Waals surface area contributed by atoms with E-state index in [1.165, 1.54) is 22.6 Å². The summed E-state index contributed by atoms with van der Waals surface area (Å²) in [5.41, 5.74) is 5.46. The highest BCUT2D eigenvalue weighted by Crippen LogP contribution is 2.15. The van der Waals surface area contributed by atoms with Crippen LogP contribution in [0.5, 0.6) is 0 Å². The Balaban J connectivity index is 2.93. The Bertz CT molecular complexity index is 448. The Morgan fingerprint density at radius 2 is 2.25 bits per heavy atom. The number of hydrogen-bond acceptors (Lipinski definition) is 5. The normalized spacial score (nSPS) is 11.9. The van der Waals surface area contributed by atoms with E-state index in [0.29, 0.717) is 6.54 Å². The van der Waals surface area contributed by atoms with Gasteiger partial charge >= 0.3 is 0 Å². The minimum absolute atomic E-state index is 0.184. The largest absolute Gasteiger partial charge is 0.384 e. The molecule has 1 heterocycles. The zero-order valence-electron chi connectivity index (χ0n) is 9.25. The second-order valence-electron chi connectivity index (χ2n) is 3.24. The Morgan fingerprint density at radius 1 is 1.56 bits per heavy atom. The Hall–Kier alpha value is -0.790. The van der Waals surface area contributed by atoms with Crippen molar-refractivity contribution in [1.82, 2.24) is 9.29 Å². The number of nitrogens with two attached hydrogens (primary N) is 1. The van der Waals surface area contributed by atoms with Crippen LogP contribution in [0.1, 0.15) is 0 Å². The molecule has 16 heavy (non-hydrogen) atoms. The van der Waals surface area contributed by atoms with Gasteiger partial charge < -0.3 is 5.73 Å². The molecule has 90 valence electrons. The molecule has 0 fully saturated rings. The van der Waals surface area contributed by atoms with Crippen molar-refractivity contribution in [3.8, 4) is 0 Å². The first-order chi connectivity index (χ1) is 7.48. The third kappa shape index (κ3) is 3.10. The zero-order valence-corrected chi connectivity index (χ0v) is 10.9. The van der Waals surface area contributed by atoms with E-state index < -0.39 is 10.0 Å². The minimum Gasteiger partial charge on any atom is -0.384 e. The van der Waals surface area contributed by atoms with E-state index in [1.54, 1.807) is 18.8 Å². The second-order valence-corrected chi connectivity index (χ2v) is 6.27. The molecule has 0 bridgehead atoms. The zero-order chi connectivity index (χ0) is 12.2. The molecule has 7 heteroatoms. The van der Waals surface area contributed by atoms with Crippen molar-refractivity contribution in [2.45, 2.75) is 4.90 Å². The van der Waals surface area contributed by atoms with E-state index in [1.807, 2.05) is 6.26 Å². The number of nitrogen functional groups attached to an aromatic ring is 1. The molecule has 0 saturated heterocycles. The fourth-order valence-electron chi connectivity index (χ4n) is 1.11. The quantitative estimate of drug-likeness (QED) is 0.842. The van der Waals surface area contributed by atoms with Gasteiger partial charge in [-0.1, -0.05) is 0 Å². The molecular formula is C9H15N3O2S2. The van der Waals surface area contributed by atoms with Crippen LogP contribution in [-0.2, 0) is 10.0 Å². The van der Waals surface area contributed by atoms with Crippen LogP contribution in [0.2, 0.25) is 0 Å². The van der Waals surface area contributed by atoms with Crippen LogP contribution in [0.4, 0.5) is 5.82 Å². The van der Waals surface area contributed by atoms with Gasteiger partial charge in [-0.25, -0.2) is 17.7 Å². The molecule has 0 unspecified atom stereocenters. The van der Waals surface area contributed by atoms with Crippen LogP contribution in [0.15, 0.2) is 23.2 Å². The van der Waals surface area contributed by atoms with Crippen LogP contribution in [0.25, 0.3) is 0 Å². The van der Waals surface area contributed by atoms with Gasteiger partial charge in [-0.15, -0.1) is 0 Å². The molecule has 1 aromatic rings. The Kier molecular flexibility index (Phi) is 4.57. The summed E-state index contributed by atoms with van der Waals surface area (Å²) < 4.78 is 25.4. The molecule has 0 atom stereocenters. The van der Waals surface area contributed by atoms with Gasteiger partial charge in [-0.05, 0) is 12.3 Å². The summed E-state index contributed by atoms with van der Waals surface area (Å²) in [6, 6.07) is 2.81. The van der Waals surface area contributed by atoms with Crippen LogP contribution in [0, 0.1) is 0 Å². The summed E-state index contributed by atoms with van der Waals surface area (Å²) in [4.78, 5) is 3.95. The molecular weight excluding hydrogens is 246 g/mol. The molecule has 0 aliphatic heterocycles. The first-order valence-corrected chi connectivity index (χ1v) is 7.48. The molecule has 1 aromatic heterocycles. The van der Waals surface area contributed by atoms with E-state index in [2.05, 4.69) is 4.98 Å². The van der Waals surface area contributed by atoms with Crippen LogP contribution in [-0.4, -0.2) is 43.3 Å². The maximum absolute atomic E-state index is 12.0. The molecule has 0 aliphatic rings. The van der Waals surface area contributed by atoms with E-state index in [-0.39, 0.29) is 10.7 Å². The minimum atomic E-state index is -3.43. The smallest absolute Gasteiger partial charge is 0.243 e. The first kappa shape index (κ1) is 13.3. The molecule has 0 amide bonds. The molecule has 0 aliphatic carbocycles. The van der Waals surface area contributed by atoms with Gasteiger partial charge in [0, 0.05) is 31.6 Å². The fraction of sp³-hybridized carbons (Fsp3) is 0.444. The maximum atomic E-state index is 12.0. The number of aromatic nitrogens is 1. The highest BCUT2D eigenvalue weighted by atomic mass is 32.2. The van der Waals surface area contributed by atoms with E-state index in [0.717, 1.165) is 5.75 Å². The molecule has 2 N–H and O–H groups in total. The average Bonchev–Trinajstić information content (AvgIpc) is 2.25. The summed E-state index contributed by atoms with van der Waals surface area (Å²) in [5.74, 6) is 0.968.